The first-order chi connectivity index (χ1) is 6.31. The number of aromatic nitrogens is 1. The summed E-state index contributed by atoms with van der Waals surface area (Å²) in [5.41, 5.74) is 1.16. The zero-order valence-corrected chi connectivity index (χ0v) is 9.46. The van der Waals surface area contributed by atoms with Crippen molar-refractivity contribution in [3.8, 4) is 5.75 Å². The molecule has 0 saturated carbocycles. The van der Waals surface area contributed by atoms with Crippen molar-refractivity contribution in [1.82, 2.24) is 4.98 Å². The number of aromatic amines is 1. The molecule has 0 spiro atoms. The summed E-state index contributed by atoms with van der Waals surface area (Å²) >= 11 is 2.31. The Hall–Kier alpha value is -0.710. The van der Waals surface area contributed by atoms with Crippen LogP contribution in [0.4, 0.5) is 0 Å². The van der Waals surface area contributed by atoms with Crippen LogP contribution in [-0.4, -0.2) is 11.6 Å². The molecule has 2 rings (SSSR count). The molecule has 1 aromatic carbocycles. The molecule has 2 aromatic rings. The summed E-state index contributed by atoms with van der Waals surface area (Å²) in [7, 11) is 0. The SMILES string of the molecule is CCOc1ccc2[nH]cc(I)c2c1. The van der Waals surface area contributed by atoms with Crippen molar-refractivity contribution >= 4 is 33.5 Å². The van der Waals surface area contributed by atoms with Crippen LogP contribution in [0.3, 0.4) is 0 Å². The highest BCUT2D eigenvalue weighted by atomic mass is 127. The van der Waals surface area contributed by atoms with Gasteiger partial charge in [0.25, 0.3) is 0 Å². The van der Waals surface area contributed by atoms with Gasteiger partial charge in [-0.05, 0) is 47.7 Å². The smallest absolute Gasteiger partial charge is 0.120 e. The molecule has 0 aliphatic rings. The Kier molecular flexibility index (Phi) is 2.44. The van der Waals surface area contributed by atoms with E-state index < -0.39 is 0 Å². The van der Waals surface area contributed by atoms with Gasteiger partial charge < -0.3 is 9.72 Å². The first-order valence-corrected chi connectivity index (χ1v) is 5.28. The van der Waals surface area contributed by atoms with Crippen molar-refractivity contribution in [3.63, 3.8) is 0 Å². The molecule has 1 N–H and O–H groups in total. The predicted octanol–water partition coefficient (Wildman–Crippen LogP) is 3.17. The second kappa shape index (κ2) is 3.57. The summed E-state index contributed by atoms with van der Waals surface area (Å²) in [5, 5.41) is 1.23. The Morgan fingerprint density at radius 1 is 1.46 bits per heavy atom. The number of hydrogen-bond donors (Lipinski definition) is 1. The van der Waals surface area contributed by atoms with E-state index in [2.05, 4.69) is 33.6 Å². The zero-order valence-electron chi connectivity index (χ0n) is 7.30. The molecule has 68 valence electrons. The van der Waals surface area contributed by atoms with Crippen LogP contribution in [0.25, 0.3) is 10.9 Å². The minimum atomic E-state index is 0.715. The lowest BCUT2D eigenvalue weighted by Gasteiger charge is -2.01. The van der Waals surface area contributed by atoms with Crippen LogP contribution in [-0.2, 0) is 0 Å². The first kappa shape index (κ1) is 8.87. The number of fused-ring (bicyclic) bond motifs is 1. The zero-order chi connectivity index (χ0) is 9.26. The second-order valence-electron chi connectivity index (χ2n) is 2.78. The van der Waals surface area contributed by atoms with Crippen LogP contribution in [0.5, 0.6) is 5.75 Å². The lowest BCUT2D eigenvalue weighted by Crippen LogP contribution is -1.90. The number of nitrogens with one attached hydrogen (secondary N) is 1. The van der Waals surface area contributed by atoms with Gasteiger partial charge in [-0.15, -0.1) is 0 Å². The summed E-state index contributed by atoms with van der Waals surface area (Å²) in [6.45, 7) is 2.71. The Balaban J connectivity index is 2.53. The van der Waals surface area contributed by atoms with Gasteiger partial charge in [-0.3, -0.25) is 0 Å². The average Bonchev–Trinajstić information content (AvgIpc) is 2.49. The van der Waals surface area contributed by atoms with Gasteiger partial charge in [0, 0.05) is 20.7 Å². The van der Waals surface area contributed by atoms with Gasteiger partial charge in [0.05, 0.1) is 6.61 Å². The number of hydrogen-bond acceptors (Lipinski definition) is 1. The minimum Gasteiger partial charge on any atom is -0.494 e. The van der Waals surface area contributed by atoms with Crippen LogP contribution < -0.4 is 4.74 Å². The van der Waals surface area contributed by atoms with Gasteiger partial charge in [-0.25, -0.2) is 0 Å². The molecule has 3 heteroatoms. The monoisotopic (exact) mass is 287 g/mol. The standard InChI is InChI=1S/C10H10INO/c1-2-13-7-3-4-10-8(5-7)9(11)6-12-10/h3-6,12H,2H2,1H3. The van der Waals surface area contributed by atoms with E-state index in [9.17, 15) is 0 Å². The van der Waals surface area contributed by atoms with Crippen molar-refractivity contribution in [2.45, 2.75) is 6.92 Å². The third kappa shape index (κ3) is 1.65. The predicted molar refractivity (Wildman–Crippen MR) is 62.2 cm³/mol. The van der Waals surface area contributed by atoms with E-state index in [0.717, 1.165) is 11.3 Å². The summed E-state index contributed by atoms with van der Waals surface area (Å²) < 4.78 is 6.65. The van der Waals surface area contributed by atoms with Crippen LogP contribution in [0.1, 0.15) is 6.92 Å². The van der Waals surface area contributed by atoms with Gasteiger partial charge in [0.2, 0.25) is 0 Å². The Bertz CT molecular complexity index is 422. The van der Waals surface area contributed by atoms with E-state index in [0.29, 0.717) is 6.61 Å². The fourth-order valence-electron chi connectivity index (χ4n) is 1.32. The van der Waals surface area contributed by atoms with E-state index in [-0.39, 0.29) is 0 Å². The molecule has 13 heavy (non-hydrogen) atoms. The fourth-order valence-corrected chi connectivity index (χ4v) is 1.92. The molecule has 0 aliphatic heterocycles. The quantitative estimate of drug-likeness (QED) is 0.843. The van der Waals surface area contributed by atoms with Crippen molar-refractivity contribution in [2.75, 3.05) is 6.61 Å². The molecule has 0 saturated heterocycles. The van der Waals surface area contributed by atoms with Crippen molar-refractivity contribution in [3.05, 3.63) is 28.0 Å². The normalized spacial score (nSPS) is 10.6. The summed E-state index contributed by atoms with van der Waals surface area (Å²) in [4.78, 5) is 3.19. The maximum atomic E-state index is 5.42. The molecule has 1 heterocycles. The number of benzene rings is 1. The molecule has 0 amide bonds. The number of rotatable bonds is 2. The van der Waals surface area contributed by atoms with Crippen molar-refractivity contribution < 1.29 is 4.74 Å². The fraction of sp³-hybridized carbons (Fsp3) is 0.200. The van der Waals surface area contributed by atoms with Gasteiger partial charge in [-0.1, -0.05) is 0 Å². The van der Waals surface area contributed by atoms with E-state index in [1.165, 1.54) is 8.96 Å². The molecule has 0 aliphatic carbocycles. The highest BCUT2D eigenvalue weighted by Gasteiger charge is 2.01. The first-order valence-electron chi connectivity index (χ1n) is 4.20. The molecular formula is C10H10INO. The largest absolute Gasteiger partial charge is 0.494 e. The molecular weight excluding hydrogens is 277 g/mol. The number of ether oxygens (including phenoxy) is 1. The van der Waals surface area contributed by atoms with Crippen molar-refractivity contribution in [1.29, 1.82) is 0 Å². The third-order valence-electron chi connectivity index (χ3n) is 1.91. The maximum Gasteiger partial charge on any atom is 0.120 e. The van der Waals surface area contributed by atoms with Gasteiger partial charge >= 0.3 is 0 Å². The maximum absolute atomic E-state index is 5.42. The minimum absolute atomic E-state index is 0.715. The molecule has 0 unspecified atom stereocenters. The Morgan fingerprint density at radius 3 is 3.08 bits per heavy atom. The lowest BCUT2D eigenvalue weighted by atomic mass is 10.2. The van der Waals surface area contributed by atoms with Crippen LogP contribution in [0, 0.1) is 3.57 Å². The lowest BCUT2D eigenvalue weighted by molar-refractivity contribution is 0.340. The van der Waals surface area contributed by atoms with Crippen LogP contribution in [0.2, 0.25) is 0 Å². The average molecular weight is 287 g/mol. The van der Waals surface area contributed by atoms with Gasteiger partial charge in [0.15, 0.2) is 0 Å². The number of halogens is 1. The molecule has 0 radical (unpaired) electrons. The van der Waals surface area contributed by atoms with E-state index in [1.54, 1.807) is 0 Å². The number of H-pyrrole nitrogens is 1. The molecule has 0 fully saturated rings. The van der Waals surface area contributed by atoms with Gasteiger partial charge in [0.1, 0.15) is 5.75 Å². The molecule has 0 atom stereocenters. The summed E-state index contributed by atoms with van der Waals surface area (Å²) in [5.74, 6) is 0.938. The molecule has 0 bridgehead atoms. The summed E-state index contributed by atoms with van der Waals surface area (Å²) in [6.07, 6.45) is 2.00. The van der Waals surface area contributed by atoms with Gasteiger partial charge in [-0.2, -0.15) is 0 Å². The van der Waals surface area contributed by atoms with Crippen LogP contribution >= 0.6 is 22.6 Å². The third-order valence-corrected chi connectivity index (χ3v) is 2.81. The molecule has 1 aromatic heterocycles. The van der Waals surface area contributed by atoms with E-state index in [1.807, 2.05) is 25.3 Å². The topological polar surface area (TPSA) is 25.0 Å². The van der Waals surface area contributed by atoms with E-state index >= 15 is 0 Å². The highest BCUT2D eigenvalue weighted by molar-refractivity contribution is 14.1. The second-order valence-corrected chi connectivity index (χ2v) is 3.94. The van der Waals surface area contributed by atoms with Crippen LogP contribution in [0.15, 0.2) is 24.4 Å². The Morgan fingerprint density at radius 2 is 2.31 bits per heavy atom. The Labute approximate surface area is 90.4 Å². The highest BCUT2D eigenvalue weighted by Crippen LogP contribution is 2.24. The van der Waals surface area contributed by atoms with E-state index in [4.69, 9.17) is 4.74 Å². The summed E-state index contributed by atoms with van der Waals surface area (Å²) in [6, 6.07) is 6.10. The van der Waals surface area contributed by atoms with Crippen molar-refractivity contribution in [2.24, 2.45) is 0 Å². The molecule has 2 nitrogen and oxygen atoms in total.